The number of benzene rings is 2. The van der Waals surface area contributed by atoms with Crippen LogP contribution in [-0.4, -0.2) is 0 Å². The van der Waals surface area contributed by atoms with Gasteiger partial charge in [-0.1, -0.05) is 45.7 Å². The predicted octanol–water partition coefficient (Wildman–Crippen LogP) is 4.68. The Balaban J connectivity index is 2.02. The molecule has 0 heterocycles. The maximum absolute atomic E-state index is 5.86. The molecule has 2 rings (SSSR count). The van der Waals surface area contributed by atoms with Crippen molar-refractivity contribution in [3.63, 3.8) is 0 Å². The number of rotatable bonds is 3. The van der Waals surface area contributed by atoms with Gasteiger partial charge < -0.3 is 4.74 Å². The Morgan fingerprint density at radius 2 is 1.88 bits per heavy atom. The van der Waals surface area contributed by atoms with Crippen LogP contribution >= 0.6 is 27.5 Å². The van der Waals surface area contributed by atoms with E-state index in [1.165, 1.54) is 0 Å². The second-order valence-corrected chi connectivity index (χ2v) is 4.73. The average Bonchev–Trinajstić information content (AvgIpc) is 2.27. The molecule has 0 spiro atoms. The maximum atomic E-state index is 5.86. The van der Waals surface area contributed by atoms with Gasteiger partial charge in [-0.05, 0) is 35.9 Å². The van der Waals surface area contributed by atoms with E-state index >= 15 is 0 Å². The van der Waals surface area contributed by atoms with E-state index in [1.807, 2.05) is 42.5 Å². The van der Waals surface area contributed by atoms with Crippen molar-refractivity contribution in [2.45, 2.75) is 6.61 Å². The molecular formula is C13H10BrClO. The van der Waals surface area contributed by atoms with Crippen molar-refractivity contribution in [2.24, 2.45) is 0 Å². The van der Waals surface area contributed by atoms with Gasteiger partial charge in [0.15, 0.2) is 0 Å². The molecule has 0 aromatic heterocycles. The Bertz CT molecular complexity index is 439. The van der Waals surface area contributed by atoms with Gasteiger partial charge in [0, 0.05) is 9.50 Å². The molecule has 0 aliphatic heterocycles. The maximum Gasteiger partial charge on any atom is 0.121 e. The van der Waals surface area contributed by atoms with Crippen molar-refractivity contribution in [3.05, 3.63) is 63.6 Å². The highest BCUT2D eigenvalue weighted by Gasteiger charge is 1.97. The fourth-order valence-electron chi connectivity index (χ4n) is 1.35. The van der Waals surface area contributed by atoms with Gasteiger partial charge in [-0.3, -0.25) is 0 Å². The molecule has 1 nitrogen and oxygen atoms in total. The van der Waals surface area contributed by atoms with Crippen molar-refractivity contribution >= 4 is 27.5 Å². The molecule has 3 heteroatoms. The molecule has 0 aliphatic carbocycles. The summed E-state index contributed by atoms with van der Waals surface area (Å²) in [5.74, 6) is 0.785. The fraction of sp³-hybridized carbons (Fsp3) is 0.0769. The third-order valence-electron chi connectivity index (χ3n) is 2.09. The lowest BCUT2D eigenvalue weighted by atomic mass is 10.2. The van der Waals surface area contributed by atoms with E-state index in [1.54, 1.807) is 6.07 Å². The van der Waals surface area contributed by atoms with Gasteiger partial charge in [0.05, 0.1) is 0 Å². The van der Waals surface area contributed by atoms with E-state index < -0.39 is 0 Å². The highest BCUT2D eigenvalue weighted by Crippen LogP contribution is 2.19. The Hall–Kier alpha value is -0.990. The lowest BCUT2D eigenvalue weighted by Gasteiger charge is -2.06. The largest absolute Gasteiger partial charge is 0.489 e. The summed E-state index contributed by atoms with van der Waals surface area (Å²) >= 11 is 9.29. The summed E-state index contributed by atoms with van der Waals surface area (Å²) in [5, 5.41) is 0.687. The van der Waals surface area contributed by atoms with Crippen LogP contribution in [0, 0.1) is 0 Å². The molecule has 0 saturated carbocycles. The zero-order valence-corrected chi connectivity index (χ0v) is 10.8. The van der Waals surface area contributed by atoms with Gasteiger partial charge in [-0.25, -0.2) is 0 Å². The summed E-state index contributed by atoms with van der Waals surface area (Å²) in [6.45, 7) is 0.541. The zero-order chi connectivity index (χ0) is 11.4. The van der Waals surface area contributed by atoms with Gasteiger partial charge >= 0.3 is 0 Å². The minimum absolute atomic E-state index is 0.541. The van der Waals surface area contributed by atoms with E-state index in [4.69, 9.17) is 16.3 Å². The third kappa shape index (κ3) is 3.26. The molecular weight excluding hydrogens is 287 g/mol. The Labute approximate surface area is 108 Å². The van der Waals surface area contributed by atoms with E-state index in [0.29, 0.717) is 11.6 Å². The van der Waals surface area contributed by atoms with E-state index in [0.717, 1.165) is 15.8 Å². The Morgan fingerprint density at radius 1 is 1.06 bits per heavy atom. The molecule has 2 aromatic carbocycles. The topological polar surface area (TPSA) is 9.23 Å². The molecule has 0 atom stereocenters. The minimum Gasteiger partial charge on any atom is -0.489 e. The minimum atomic E-state index is 0.541. The monoisotopic (exact) mass is 296 g/mol. The zero-order valence-electron chi connectivity index (χ0n) is 8.49. The van der Waals surface area contributed by atoms with Crippen LogP contribution in [0.25, 0.3) is 0 Å². The van der Waals surface area contributed by atoms with Crippen LogP contribution in [0.2, 0.25) is 5.02 Å². The molecule has 0 saturated heterocycles. The quantitative estimate of drug-likeness (QED) is 0.799. The van der Waals surface area contributed by atoms with Crippen molar-refractivity contribution in [3.8, 4) is 5.75 Å². The van der Waals surface area contributed by atoms with Gasteiger partial charge in [0.2, 0.25) is 0 Å². The molecule has 82 valence electrons. The third-order valence-corrected chi connectivity index (χ3v) is 2.82. The summed E-state index contributed by atoms with van der Waals surface area (Å²) in [6, 6.07) is 15.4. The molecule has 0 aliphatic rings. The van der Waals surface area contributed by atoms with Crippen molar-refractivity contribution in [1.29, 1.82) is 0 Å². The number of hydrogen-bond acceptors (Lipinski definition) is 1. The fourth-order valence-corrected chi connectivity index (χ4v) is 1.98. The first-order valence-corrected chi connectivity index (χ1v) is 6.04. The predicted molar refractivity (Wildman–Crippen MR) is 69.9 cm³/mol. The average molecular weight is 298 g/mol. The van der Waals surface area contributed by atoms with Crippen LogP contribution in [-0.2, 0) is 6.61 Å². The highest BCUT2D eigenvalue weighted by molar-refractivity contribution is 9.10. The standard InChI is InChI=1S/C13H10BrClO/c14-11-4-1-3-10(7-11)9-16-13-6-2-5-12(15)8-13/h1-8H,9H2. The molecule has 0 bridgehead atoms. The second kappa shape index (κ2) is 5.37. The SMILES string of the molecule is Clc1cccc(OCc2cccc(Br)c2)c1. The number of halogens is 2. The normalized spacial score (nSPS) is 10.1. The smallest absolute Gasteiger partial charge is 0.121 e. The van der Waals surface area contributed by atoms with Crippen LogP contribution in [0.5, 0.6) is 5.75 Å². The summed E-state index contributed by atoms with van der Waals surface area (Å²) < 4.78 is 6.68. The number of ether oxygens (including phenoxy) is 1. The summed E-state index contributed by atoms with van der Waals surface area (Å²) in [6.07, 6.45) is 0. The van der Waals surface area contributed by atoms with Crippen LogP contribution in [0.15, 0.2) is 53.0 Å². The van der Waals surface area contributed by atoms with Gasteiger partial charge in [-0.15, -0.1) is 0 Å². The molecule has 0 amide bonds. The van der Waals surface area contributed by atoms with Crippen LogP contribution in [0.1, 0.15) is 5.56 Å². The summed E-state index contributed by atoms with van der Waals surface area (Å²) in [7, 11) is 0. The van der Waals surface area contributed by atoms with Gasteiger partial charge in [-0.2, -0.15) is 0 Å². The van der Waals surface area contributed by atoms with E-state index in [9.17, 15) is 0 Å². The molecule has 0 N–H and O–H groups in total. The summed E-state index contributed by atoms with van der Waals surface area (Å²) in [4.78, 5) is 0. The van der Waals surface area contributed by atoms with Gasteiger partial charge in [0.1, 0.15) is 12.4 Å². The first-order valence-electron chi connectivity index (χ1n) is 4.87. The Morgan fingerprint density at radius 3 is 2.62 bits per heavy atom. The van der Waals surface area contributed by atoms with Crippen molar-refractivity contribution < 1.29 is 4.74 Å². The van der Waals surface area contributed by atoms with Crippen molar-refractivity contribution in [2.75, 3.05) is 0 Å². The lowest BCUT2D eigenvalue weighted by molar-refractivity contribution is 0.306. The molecule has 16 heavy (non-hydrogen) atoms. The van der Waals surface area contributed by atoms with Crippen LogP contribution in [0.3, 0.4) is 0 Å². The molecule has 0 fully saturated rings. The van der Waals surface area contributed by atoms with E-state index in [-0.39, 0.29) is 0 Å². The van der Waals surface area contributed by atoms with E-state index in [2.05, 4.69) is 15.9 Å². The Kier molecular flexibility index (Phi) is 3.86. The van der Waals surface area contributed by atoms with Gasteiger partial charge in [0.25, 0.3) is 0 Å². The van der Waals surface area contributed by atoms with Crippen molar-refractivity contribution in [1.82, 2.24) is 0 Å². The van der Waals surface area contributed by atoms with Crippen LogP contribution < -0.4 is 4.74 Å². The molecule has 2 aromatic rings. The highest BCUT2D eigenvalue weighted by atomic mass is 79.9. The molecule has 0 unspecified atom stereocenters. The first kappa shape index (κ1) is 11.5. The first-order chi connectivity index (χ1) is 7.74. The summed E-state index contributed by atoms with van der Waals surface area (Å²) in [5.41, 5.74) is 1.12. The molecule has 0 radical (unpaired) electrons. The number of hydrogen-bond donors (Lipinski definition) is 0. The second-order valence-electron chi connectivity index (χ2n) is 3.38. The van der Waals surface area contributed by atoms with Crippen LogP contribution in [0.4, 0.5) is 0 Å². The lowest BCUT2D eigenvalue weighted by Crippen LogP contribution is -1.94.